The summed E-state index contributed by atoms with van der Waals surface area (Å²) in [5.41, 5.74) is 0. The first-order valence-electron chi connectivity index (χ1n) is 15.3. The molecule has 3 rings (SSSR count). The summed E-state index contributed by atoms with van der Waals surface area (Å²) in [6, 6.07) is -1.22. The molecular weight excluding hydrogens is 614 g/mol. The topological polar surface area (TPSA) is 190 Å². The molecule has 1 N–H and O–H groups in total. The summed E-state index contributed by atoms with van der Waals surface area (Å²) in [7, 11) is 0. The standard InChI is InChI=1S/C30H47NO15/c1-14(2)10-11-37-26-24(44-29-27(26)45-30(8,9)46-29)20(40-17(5)34)13-39-28-22(31-15(3)32)25(42-19(7)36)23(41-18(6)35)21(43-28)12-38-16(4)33/h14,20-29H,10-13H2,1-9H3,(H,31,32)/t20-,21+,22-,23-,24-,25+,26-,27+,28+,29+/m1/s1. The average molecular weight is 662 g/mol. The van der Waals surface area contributed by atoms with E-state index in [1.165, 1.54) is 20.8 Å². The third-order valence-electron chi connectivity index (χ3n) is 7.21. The molecule has 16 nitrogen and oxygen atoms in total. The Morgan fingerprint density at radius 2 is 1.46 bits per heavy atom. The number of carbonyl (C=O) groups is 5. The molecule has 3 aliphatic heterocycles. The van der Waals surface area contributed by atoms with Crippen LogP contribution in [-0.4, -0.2) is 117 Å². The van der Waals surface area contributed by atoms with Gasteiger partial charge in [0.15, 0.2) is 36.7 Å². The van der Waals surface area contributed by atoms with Gasteiger partial charge in [-0.1, -0.05) is 13.8 Å². The maximum absolute atomic E-state index is 12.3. The van der Waals surface area contributed by atoms with Gasteiger partial charge in [-0.15, -0.1) is 0 Å². The van der Waals surface area contributed by atoms with Crippen molar-refractivity contribution in [2.24, 2.45) is 5.92 Å². The number of hydrogen-bond donors (Lipinski definition) is 1. The zero-order chi connectivity index (χ0) is 34.3. The highest BCUT2D eigenvalue weighted by Crippen LogP contribution is 2.40. The number of fused-ring (bicyclic) bond motifs is 1. The molecule has 0 aromatic carbocycles. The molecule has 0 saturated carbocycles. The van der Waals surface area contributed by atoms with Crippen molar-refractivity contribution in [2.45, 2.75) is 136 Å². The van der Waals surface area contributed by atoms with Crippen LogP contribution in [0.25, 0.3) is 0 Å². The van der Waals surface area contributed by atoms with Gasteiger partial charge in [-0.2, -0.15) is 0 Å². The lowest BCUT2D eigenvalue weighted by Crippen LogP contribution is -2.67. The fourth-order valence-corrected chi connectivity index (χ4v) is 5.46. The molecule has 16 heteroatoms. The van der Waals surface area contributed by atoms with Crippen molar-refractivity contribution in [3.8, 4) is 0 Å². The number of ether oxygens (including phenoxy) is 10. The molecule has 0 radical (unpaired) electrons. The van der Waals surface area contributed by atoms with Crippen LogP contribution in [0.4, 0.5) is 0 Å². The summed E-state index contributed by atoms with van der Waals surface area (Å²) in [4.78, 5) is 60.4. The molecule has 46 heavy (non-hydrogen) atoms. The summed E-state index contributed by atoms with van der Waals surface area (Å²) >= 11 is 0. The highest BCUT2D eigenvalue weighted by molar-refractivity contribution is 5.73. The molecule has 0 aromatic heterocycles. The molecule has 0 spiro atoms. The molecule has 3 saturated heterocycles. The van der Waals surface area contributed by atoms with Gasteiger partial charge in [0.05, 0.1) is 6.61 Å². The van der Waals surface area contributed by atoms with Crippen LogP contribution in [0.3, 0.4) is 0 Å². The van der Waals surface area contributed by atoms with Gasteiger partial charge in [0.1, 0.15) is 37.1 Å². The minimum atomic E-state index is -1.38. The lowest BCUT2D eigenvalue weighted by atomic mass is 9.96. The largest absolute Gasteiger partial charge is 0.463 e. The zero-order valence-corrected chi connectivity index (χ0v) is 27.8. The molecule has 3 fully saturated rings. The summed E-state index contributed by atoms with van der Waals surface area (Å²) in [5, 5.41) is 2.63. The maximum Gasteiger partial charge on any atom is 0.303 e. The van der Waals surface area contributed by atoms with Crippen molar-refractivity contribution < 1.29 is 71.3 Å². The van der Waals surface area contributed by atoms with Crippen molar-refractivity contribution >= 4 is 29.8 Å². The van der Waals surface area contributed by atoms with Crippen LogP contribution < -0.4 is 5.32 Å². The number of carbonyl (C=O) groups excluding carboxylic acids is 5. The minimum absolute atomic E-state index is 0.358. The molecule has 1 amide bonds. The summed E-state index contributed by atoms with van der Waals surface area (Å²) < 4.78 is 58.3. The summed E-state index contributed by atoms with van der Waals surface area (Å²) in [6.07, 6.45) is -8.58. The third kappa shape index (κ3) is 10.6. The van der Waals surface area contributed by atoms with E-state index in [0.29, 0.717) is 12.5 Å². The Balaban J connectivity index is 1.91. The quantitative estimate of drug-likeness (QED) is 0.204. The molecule has 10 atom stereocenters. The van der Waals surface area contributed by atoms with E-state index in [0.717, 1.165) is 20.3 Å². The Labute approximate surface area is 268 Å². The van der Waals surface area contributed by atoms with Gasteiger partial charge < -0.3 is 52.7 Å². The zero-order valence-electron chi connectivity index (χ0n) is 27.8. The predicted molar refractivity (Wildman–Crippen MR) is 153 cm³/mol. The van der Waals surface area contributed by atoms with Crippen LogP contribution in [0.5, 0.6) is 0 Å². The molecule has 0 unspecified atom stereocenters. The number of nitrogens with one attached hydrogen (secondary N) is 1. The summed E-state index contributed by atoms with van der Waals surface area (Å²) in [5.74, 6) is -3.90. The van der Waals surface area contributed by atoms with Crippen molar-refractivity contribution in [1.82, 2.24) is 5.32 Å². The van der Waals surface area contributed by atoms with Crippen molar-refractivity contribution in [1.29, 1.82) is 0 Å². The van der Waals surface area contributed by atoms with Gasteiger partial charge in [-0.3, -0.25) is 24.0 Å². The van der Waals surface area contributed by atoms with E-state index < -0.39 is 104 Å². The first kappa shape index (κ1) is 37.6. The van der Waals surface area contributed by atoms with Gasteiger partial charge in [0.25, 0.3) is 0 Å². The number of rotatable bonds is 14. The van der Waals surface area contributed by atoms with Gasteiger partial charge >= 0.3 is 23.9 Å². The smallest absolute Gasteiger partial charge is 0.303 e. The van der Waals surface area contributed by atoms with E-state index in [1.54, 1.807) is 13.8 Å². The first-order valence-corrected chi connectivity index (χ1v) is 15.3. The Morgan fingerprint density at radius 3 is 2.02 bits per heavy atom. The minimum Gasteiger partial charge on any atom is -0.463 e. The van der Waals surface area contributed by atoms with Crippen molar-refractivity contribution in [3.63, 3.8) is 0 Å². The van der Waals surface area contributed by atoms with Crippen LogP contribution in [-0.2, 0) is 71.3 Å². The Bertz CT molecular complexity index is 1100. The third-order valence-corrected chi connectivity index (χ3v) is 7.21. The van der Waals surface area contributed by atoms with Crippen LogP contribution in [0.15, 0.2) is 0 Å². The second-order valence-corrected chi connectivity index (χ2v) is 12.3. The van der Waals surface area contributed by atoms with Crippen molar-refractivity contribution in [3.05, 3.63) is 0 Å². The second-order valence-electron chi connectivity index (χ2n) is 12.3. The lowest BCUT2D eigenvalue weighted by Gasteiger charge is -2.45. The van der Waals surface area contributed by atoms with E-state index in [1.807, 2.05) is 0 Å². The molecule has 0 aliphatic carbocycles. The Hall–Kier alpha value is -2.89. The molecule has 0 bridgehead atoms. The average Bonchev–Trinajstić information content (AvgIpc) is 3.38. The fraction of sp³-hybridized carbons (Fsp3) is 0.833. The summed E-state index contributed by atoms with van der Waals surface area (Å²) in [6.45, 7) is 13.1. The van der Waals surface area contributed by atoms with E-state index >= 15 is 0 Å². The lowest BCUT2D eigenvalue weighted by molar-refractivity contribution is -0.287. The van der Waals surface area contributed by atoms with Crippen LogP contribution in [0.1, 0.15) is 68.7 Å². The van der Waals surface area contributed by atoms with E-state index in [4.69, 9.17) is 47.4 Å². The van der Waals surface area contributed by atoms with E-state index in [9.17, 15) is 24.0 Å². The SMILES string of the molecule is CC(=O)N[C@H]1[C@@H](OC[C@@H](OC(C)=O)[C@H]2O[C@H]3OC(C)(C)O[C@H]3[C@@H]2OCCC(C)C)O[C@@H](COC(C)=O)[C@@H](OC(C)=O)[C@H]1OC(C)=O. The molecule has 3 aliphatic rings. The van der Waals surface area contributed by atoms with Gasteiger partial charge in [0, 0.05) is 41.2 Å². The number of hydrogen-bond acceptors (Lipinski definition) is 15. The Morgan fingerprint density at radius 1 is 0.804 bits per heavy atom. The molecule has 3 heterocycles. The van der Waals surface area contributed by atoms with Crippen molar-refractivity contribution in [2.75, 3.05) is 19.8 Å². The number of amides is 1. The normalized spacial score (nSPS) is 32.3. The van der Waals surface area contributed by atoms with Gasteiger partial charge in [0.2, 0.25) is 5.91 Å². The second kappa shape index (κ2) is 16.3. The molecular formula is C30H47NO15. The Kier molecular flexibility index (Phi) is 13.3. The highest BCUT2D eigenvalue weighted by atomic mass is 16.8. The molecule has 262 valence electrons. The van der Waals surface area contributed by atoms with E-state index in [2.05, 4.69) is 19.2 Å². The van der Waals surface area contributed by atoms with Crippen LogP contribution >= 0.6 is 0 Å². The highest BCUT2D eigenvalue weighted by Gasteiger charge is 2.58. The first-order chi connectivity index (χ1) is 21.5. The molecule has 0 aromatic rings. The van der Waals surface area contributed by atoms with Crippen LogP contribution in [0.2, 0.25) is 0 Å². The van der Waals surface area contributed by atoms with Gasteiger partial charge in [-0.25, -0.2) is 0 Å². The van der Waals surface area contributed by atoms with Gasteiger partial charge in [-0.05, 0) is 26.2 Å². The maximum atomic E-state index is 12.3. The number of esters is 4. The van der Waals surface area contributed by atoms with Crippen LogP contribution in [0, 0.1) is 5.92 Å². The predicted octanol–water partition coefficient (Wildman–Crippen LogP) is 0.899. The monoisotopic (exact) mass is 661 g/mol. The fourth-order valence-electron chi connectivity index (χ4n) is 5.46. The van der Waals surface area contributed by atoms with E-state index in [-0.39, 0.29) is 6.61 Å².